The molecule has 0 radical (unpaired) electrons. The van der Waals surface area contributed by atoms with Gasteiger partial charge < -0.3 is 10.6 Å². The summed E-state index contributed by atoms with van der Waals surface area (Å²) in [4.78, 5) is 0.327. The van der Waals surface area contributed by atoms with Crippen LogP contribution < -0.4 is 10.6 Å². The van der Waals surface area contributed by atoms with Gasteiger partial charge in [0.15, 0.2) is 9.84 Å². The van der Waals surface area contributed by atoms with Gasteiger partial charge in [-0.25, -0.2) is 8.42 Å². The van der Waals surface area contributed by atoms with Crippen molar-refractivity contribution >= 4 is 15.4 Å². The molecule has 4 aromatic rings. The molecule has 0 bridgehead atoms. The summed E-state index contributed by atoms with van der Waals surface area (Å²) >= 11 is 0. The normalized spacial score (nSPS) is 11.2. The van der Waals surface area contributed by atoms with Crippen LogP contribution in [0.25, 0.3) is 5.57 Å². The zero-order chi connectivity index (χ0) is 29.4. The van der Waals surface area contributed by atoms with Gasteiger partial charge in [0, 0.05) is 0 Å². The van der Waals surface area contributed by atoms with Crippen LogP contribution in [0.1, 0.15) is 46.9 Å². The predicted molar refractivity (Wildman–Crippen MR) is 171 cm³/mol. The van der Waals surface area contributed by atoms with Crippen LogP contribution in [0.4, 0.5) is 0 Å². The van der Waals surface area contributed by atoms with E-state index in [4.69, 9.17) is 0 Å². The minimum atomic E-state index is -3.68. The van der Waals surface area contributed by atoms with E-state index in [1.807, 2.05) is 131 Å². The summed E-state index contributed by atoms with van der Waals surface area (Å²) in [7, 11) is 0.0692. The maximum Gasteiger partial charge on any atom is 0.188 e. The quantitative estimate of drug-likeness (QED) is 0.237. The number of benzene rings is 4. The summed E-state index contributed by atoms with van der Waals surface area (Å²) in [5.41, 5.74) is 5.63. The standard InChI is InChI=1S/C29H26O2S.C4H11N.C2H7N/c1-22-17-19-26(20-18-22)32(30,31)29(27-16-10-9-11-23(27)2)21-28(24-12-5-3-6-13-24)25-14-7-4-8-15-25;1-3-5-4-2;1-3-2/h3-21,29H,1-2H3;5H,3-4H2,1-2H3;3H,1-2H3. The lowest BCUT2D eigenvalue weighted by Crippen LogP contribution is -2.14. The summed E-state index contributed by atoms with van der Waals surface area (Å²) in [6, 6.07) is 34.7. The monoisotopic (exact) mass is 556 g/mol. The van der Waals surface area contributed by atoms with E-state index < -0.39 is 15.1 Å². The van der Waals surface area contributed by atoms with Crippen LogP contribution in [0.3, 0.4) is 0 Å². The van der Waals surface area contributed by atoms with E-state index in [9.17, 15) is 8.42 Å². The predicted octanol–water partition coefficient (Wildman–Crippen LogP) is 7.40. The molecule has 1 atom stereocenters. The summed E-state index contributed by atoms with van der Waals surface area (Å²) in [6.45, 7) is 10.3. The number of rotatable bonds is 8. The Hall–Kier alpha value is -3.51. The summed E-state index contributed by atoms with van der Waals surface area (Å²) < 4.78 is 27.9. The van der Waals surface area contributed by atoms with Crippen LogP contribution in [0.5, 0.6) is 0 Å². The molecule has 4 aromatic carbocycles. The molecule has 0 saturated carbocycles. The maximum absolute atomic E-state index is 13.9. The van der Waals surface area contributed by atoms with Gasteiger partial charge in [0.05, 0.1) is 4.90 Å². The molecular weight excluding hydrogens is 512 g/mol. The third-order valence-corrected chi connectivity index (χ3v) is 8.15. The molecule has 0 amide bonds. The largest absolute Gasteiger partial charge is 0.323 e. The number of sulfone groups is 1. The fraction of sp³-hybridized carbons (Fsp3) is 0.257. The van der Waals surface area contributed by atoms with E-state index in [-0.39, 0.29) is 0 Å². The SMILES string of the molecule is CCNCC.CNC.Cc1ccc(S(=O)(=O)C(C=C(c2ccccc2)c2ccccc2)c2ccccc2C)cc1. The van der Waals surface area contributed by atoms with Gasteiger partial charge in [-0.05, 0) is 81.0 Å². The van der Waals surface area contributed by atoms with Gasteiger partial charge in [0.2, 0.25) is 0 Å². The second kappa shape index (κ2) is 17.2. The van der Waals surface area contributed by atoms with Crippen molar-refractivity contribution in [2.45, 2.75) is 37.8 Å². The molecule has 0 spiro atoms. The van der Waals surface area contributed by atoms with E-state index in [0.29, 0.717) is 4.90 Å². The first-order chi connectivity index (χ1) is 19.3. The first-order valence-corrected chi connectivity index (χ1v) is 15.3. The first kappa shape index (κ1) is 32.7. The molecule has 0 heterocycles. The van der Waals surface area contributed by atoms with Crippen LogP contribution in [0, 0.1) is 13.8 Å². The van der Waals surface area contributed by atoms with Gasteiger partial charge in [0.1, 0.15) is 5.25 Å². The highest BCUT2D eigenvalue weighted by Crippen LogP contribution is 2.36. The minimum Gasteiger partial charge on any atom is -0.323 e. The maximum atomic E-state index is 13.9. The second-order valence-corrected chi connectivity index (χ2v) is 11.5. The number of hydrogen-bond donors (Lipinski definition) is 2. The summed E-state index contributed by atoms with van der Waals surface area (Å²) in [5, 5.41) is 5.04. The number of hydrogen-bond acceptors (Lipinski definition) is 4. The zero-order valence-corrected chi connectivity index (χ0v) is 25.5. The lowest BCUT2D eigenvalue weighted by atomic mass is 9.95. The van der Waals surface area contributed by atoms with Gasteiger partial charge in [-0.3, -0.25) is 0 Å². The van der Waals surface area contributed by atoms with E-state index in [1.54, 1.807) is 12.1 Å². The van der Waals surface area contributed by atoms with Crippen molar-refractivity contribution in [3.05, 3.63) is 143 Å². The Kier molecular flexibility index (Phi) is 14.1. The fourth-order valence-corrected chi connectivity index (χ4v) is 5.85. The summed E-state index contributed by atoms with van der Waals surface area (Å²) in [5.74, 6) is 0. The van der Waals surface area contributed by atoms with E-state index >= 15 is 0 Å². The molecule has 0 aliphatic carbocycles. The van der Waals surface area contributed by atoms with E-state index in [0.717, 1.165) is 46.5 Å². The molecule has 0 aliphatic heterocycles. The second-order valence-electron chi connectivity index (χ2n) is 9.40. The van der Waals surface area contributed by atoms with Crippen molar-refractivity contribution in [1.29, 1.82) is 0 Å². The highest BCUT2D eigenvalue weighted by Gasteiger charge is 2.29. The summed E-state index contributed by atoms with van der Waals surface area (Å²) in [6.07, 6.45) is 1.90. The minimum absolute atomic E-state index is 0.327. The highest BCUT2D eigenvalue weighted by atomic mass is 32.2. The van der Waals surface area contributed by atoms with Crippen molar-refractivity contribution in [2.75, 3.05) is 27.2 Å². The van der Waals surface area contributed by atoms with E-state index in [1.165, 1.54) is 0 Å². The smallest absolute Gasteiger partial charge is 0.188 e. The Morgan fingerprint density at radius 3 is 1.57 bits per heavy atom. The van der Waals surface area contributed by atoms with Gasteiger partial charge >= 0.3 is 0 Å². The third-order valence-electron chi connectivity index (χ3n) is 6.17. The van der Waals surface area contributed by atoms with Crippen LogP contribution in [0.15, 0.2) is 120 Å². The molecule has 0 fully saturated rings. The van der Waals surface area contributed by atoms with Crippen LogP contribution in [0.2, 0.25) is 0 Å². The highest BCUT2D eigenvalue weighted by molar-refractivity contribution is 7.91. The van der Waals surface area contributed by atoms with Crippen molar-refractivity contribution in [2.24, 2.45) is 0 Å². The molecule has 4 nitrogen and oxygen atoms in total. The Morgan fingerprint density at radius 2 is 1.15 bits per heavy atom. The van der Waals surface area contributed by atoms with Gasteiger partial charge in [-0.1, -0.05) is 123 Å². The molecule has 40 heavy (non-hydrogen) atoms. The molecule has 4 rings (SSSR count). The molecule has 0 saturated heterocycles. The molecular formula is C35H44N2O2S. The van der Waals surface area contributed by atoms with E-state index in [2.05, 4.69) is 24.5 Å². The van der Waals surface area contributed by atoms with Gasteiger partial charge in [-0.15, -0.1) is 0 Å². The molecule has 2 N–H and O–H groups in total. The molecule has 0 aliphatic rings. The Morgan fingerprint density at radius 1 is 0.700 bits per heavy atom. The average molecular weight is 557 g/mol. The van der Waals surface area contributed by atoms with Crippen molar-refractivity contribution in [3.63, 3.8) is 0 Å². The third kappa shape index (κ3) is 9.60. The molecule has 5 heteroatoms. The molecule has 1 unspecified atom stereocenters. The molecule has 212 valence electrons. The lowest BCUT2D eigenvalue weighted by molar-refractivity contribution is 0.590. The number of aryl methyl sites for hydroxylation is 2. The average Bonchev–Trinajstić information content (AvgIpc) is 2.96. The van der Waals surface area contributed by atoms with Gasteiger partial charge in [0.25, 0.3) is 0 Å². The van der Waals surface area contributed by atoms with Crippen LogP contribution in [-0.4, -0.2) is 35.6 Å². The fourth-order valence-electron chi connectivity index (χ4n) is 4.12. The van der Waals surface area contributed by atoms with Crippen LogP contribution in [-0.2, 0) is 9.84 Å². The molecule has 0 aromatic heterocycles. The van der Waals surface area contributed by atoms with Crippen molar-refractivity contribution in [1.82, 2.24) is 10.6 Å². The Balaban J connectivity index is 0.000000621. The number of nitrogens with one attached hydrogen (secondary N) is 2. The lowest BCUT2D eigenvalue weighted by Gasteiger charge is -2.20. The Labute approximate surface area is 242 Å². The Bertz CT molecular complexity index is 1360. The van der Waals surface area contributed by atoms with Crippen molar-refractivity contribution < 1.29 is 8.42 Å². The first-order valence-electron chi connectivity index (χ1n) is 13.8. The van der Waals surface area contributed by atoms with Crippen molar-refractivity contribution in [3.8, 4) is 0 Å². The topological polar surface area (TPSA) is 58.2 Å². The zero-order valence-electron chi connectivity index (χ0n) is 24.7. The van der Waals surface area contributed by atoms with Gasteiger partial charge in [-0.2, -0.15) is 0 Å². The van der Waals surface area contributed by atoms with Crippen LogP contribution >= 0.6 is 0 Å².